The van der Waals surface area contributed by atoms with E-state index in [0.29, 0.717) is 22.6 Å². The van der Waals surface area contributed by atoms with Gasteiger partial charge in [-0.25, -0.2) is 4.79 Å². The zero-order chi connectivity index (χ0) is 21.3. The Balaban J connectivity index is 1.80. The minimum absolute atomic E-state index is 0.283. The van der Waals surface area contributed by atoms with Crippen molar-refractivity contribution in [3.8, 4) is 11.5 Å². The molecular formula is C25H22O5. The van der Waals surface area contributed by atoms with Gasteiger partial charge in [0.25, 0.3) is 0 Å². The van der Waals surface area contributed by atoms with Gasteiger partial charge in [0.2, 0.25) is 5.78 Å². The first-order valence-corrected chi connectivity index (χ1v) is 9.37. The molecule has 0 unspecified atom stereocenters. The number of ketones is 1. The number of hydrogen-bond acceptors (Lipinski definition) is 5. The SMILES string of the molecule is COc1ccc(/C=C/C(=O)O[C@H](C(=O)c2ccccc2)c2ccccc2)cc1OC. The molecule has 0 amide bonds. The van der Waals surface area contributed by atoms with Crippen LogP contribution >= 0.6 is 0 Å². The van der Waals surface area contributed by atoms with E-state index in [4.69, 9.17) is 14.2 Å². The molecule has 0 aromatic heterocycles. The molecule has 0 saturated heterocycles. The average Bonchev–Trinajstić information content (AvgIpc) is 2.81. The van der Waals surface area contributed by atoms with Gasteiger partial charge >= 0.3 is 5.97 Å². The first-order valence-electron chi connectivity index (χ1n) is 9.37. The molecule has 3 aromatic rings. The Kier molecular flexibility index (Phi) is 7.00. The largest absolute Gasteiger partial charge is 0.493 e. The number of carbonyl (C=O) groups excluding carboxylic acids is 2. The van der Waals surface area contributed by atoms with Crippen molar-refractivity contribution in [2.45, 2.75) is 6.10 Å². The second-order valence-electron chi connectivity index (χ2n) is 6.41. The first-order chi connectivity index (χ1) is 14.6. The van der Waals surface area contributed by atoms with Gasteiger partial charge in [-0.2, -0.15) is 0 Å². The average molecular weight is 402 g/mol. The summed E-state index contributed by atoms with van der Waals surface area (Å²) in [6.07, 6.45) is 1.85. The summed E-state index contributed by atoms with van der Waals surface area (Å²) in [5.41, 5.74) is 1.82. The maximum atomic E-state index is 13.0. The maximum Gasteiger partial charge on any atom is 0.331 e. The highest BCUT2D eigenvalue weighted by Crippen LogP contribution is 2.28. The van der Waals surface area contributed by atoms with Crippen LogP contribution in [0.2, 0.25) is 0 Å². The van der Waals surface area contributed by atoms with Crippen LogP contribution in [0.5, 0.6) is 11.5 Å². The van der Waals surface area contributed by atoms with Crippen LogP contribution in [0.15, 0.2) is 84.9 Å². The lowest BCUT2D eigenvalue weighted by Crippen LogP contribution is -2.19. The van der Waals surface area contributed by atoms with Gasteiger partial charge < -0.3 is 14.2 Å². The molecule has 0 radical (unpaired) electrons. The van der Waals surface area contributed by atoms with Gasteiger partial charge in [0.15, 0.2) is 17.6 Å². The molecule has 3 aromatic carbocycles. The predicted octanol–water partition coefficient (Wildman–Crippen LogP) is 4.88. The highest BCUT2D eigenvalue weighted by Gasteiger charge is 2.25. The molecule has 0 fully saturated rings. The molecule has 0 heterocycles. The molecule has 30 heavy (non-hydrogen) atoms. The maximum absolute atomic E-state index is 13.0. The summed E-state index contributed by atoms with van der Waals surface area (Å²) in [6.45, 7) is 0. The summed E-state index contributed by atoms with van der Waals surface area (Å²) >= 11 is 0. The molecule has 0 aliphatic heterocycles. The van der Waals surface area contributed by atoms with Gasteiger partial charge in [-0.3, -0.25) is 4.79 Å². The third-order valence-electron chi connectivity index (χ3n) is 4.45. The summed E-state index contributed by atoms with van der Waals surface area (Å²) < 4.78 is 16.0. The molecule has 0 saturated carbocycles. The third kappa shape index (κ3) is 5.14. The molecular weight excluding hydrogens is 380 g/mol. The van der Waals surface area contributed by atoms with Gasteiger partial charge in [-0.05, 0) is 23.8 Å². The van der Waals surface area contributed by atoms with E-state index < -0.39 is 12.1 Å². The van der Waals surface area contributed by atoms with Crippen LogP contribution in [0.4, 0.5) is 0 Å². The molecule has 0 spiro atoms. The number of esters is 1. The Morgan fingerprint density at radius 1 is 0.800 bits per heavy atom. The number of hydrogen-bond donors (Lipinski definition) is 0. The van der Waals surface area contributed by atoms with Crippen LogP contribution in [0, 0.1) is 0 Å². The summed E-state index contributed by atoms with van der Waals surface area (Å²) in [4.78, 5) is 25.5. The van der Waals surface area contributed by atoms with Gasteiger partial charge in [0.05, 0.1) is 14.2 Å². The quantitative estimate of drug-likeness (QED) is 0.305. The minimum atomic E-state index is -1.03. The molecule has 152 valence electrons. The number of carbonyl (C=O) groups is 2. The summed E-state index contributed by atoms with van der Waals surface area (Å²) in [7, 11) is 3.09. The van der Waals surface area contributed by atoms with Crippen molar-refractivity contribution in [3.63, 3.8) is 0 Å². The normalized spacial score (nSPS) is 11.7. The second-order valence-corrected chi connectivity index (χ2v) is 6.41. The standard InChI is InChI=1S/C25H22O5/c1-28-21-15-13-18(17-22(21)29-2)14-16-23(26)30-25(20-11-7-4-8-12-20)24(27)19-9-5-3-6-10-19/h3-17,25H,1-2H3/b16-14+/t25-/m0/s1. The highest BCUT2D eigenvalue weighted by atomic mass is 16.5. The van der Waals surface area contributed by atoms with Crippen LogP contribution in [-0.2, 0) is 9.53 Å². The smallest absolute Gasteiger partial charge is 0.331 e. The number of methoxy groups -OCH3 is 2. The molecule has 0 bridgehead atoms. The highest BCUT2D eigenvalue weighted by molar-refractivity contribution is 6.01. The molecule has 0 aliphatic rings. The van der Waals surface area contributed by atoms with Gasteiger partial charge in [0, 0.05) is 17.2 Å². The van der Waals surface area contributed by atoms with Gasteiger partial charge in [-0.1, -0.05) is 66.7 Å². The van der Waals surface area contributed by atoms with Crippen LogP contribution in [0.25, 0.3) is 6.08 Å². The van der Waals surface area contributed by atoms with E-state index in [0.717, 1.165) is 5.56 Å². The minimum Gasteiger partial charge on any atom is -0.493 e. The fourth-order valence-electron chi connectivity index (χ4n) is 2.93. The van der Waals surface area contributed by atoms with Crippen molar-refractivity contribution in [3.05, 3.63) is 102 Å². The van der Waals surface area contributed by atoms with E-state index in [-0.39, 0.29) is 5.78 Å². The number of rotatable bonds is 8. The van der Waals surface area contributed by atoms with Crippen LogP contribution in [0.1, 0.15) is 27.6 Å². The van der Waals surface area contributed by atoms with Crippen molar-refractivity contribution >= 4 is 17.8 Å². The van der Waals surface area contributed by atoms with E-state index in [1.807, 2.05) is 12.1 Å². The van der Waals surface area contributed by atoms with E-state index in [9.17, 15) is 9.59 Å². The fourth-order valence-corrected chi connectivity index (χ4v) is 2.93. The molecule has 1 atom stereocenters. The van der Waals surface area contributed by atoms with Crippen LogP contribution in [0.3, 0.4) is 0 Å². The zero-order valence-corrected chi connectivity index (χ0v) is 16.8. The molecule has 3 rings (SSSR count). The lowest BCUT2D eigenvalue weighted by Gasteiger charge is -2.16. The molecule has 0 N–H and O–H groups in total. The van der Waals surface area contributed by atoms with Crippen molar-refractivity contribution < 1.29 is 23.8 Å². The number of Topliss-reactive ketones (excluding diaryl/α,β-unsaturated/α-hetero) is 1. The van der Waals surface area contributed by atoms with Gasteiger partial charge in [-0.15, -0.1) is 0 Å². The molecule has 5 heteroatoms. The summed E-state index contributed by atoms with van der Waals surface area (Å²) in [6, 6.07) is 23.0. The Bertz CT molecular complexity index is 1030. The lowest BCUT2D eigenvalue weighted by molar-refractivity contribution is -0.141. The van der Waals surface area contributed by atoms with Crippen molar-refractivity contribution in [1.29, 1.82) is 0 Å². The van der Waals surface area contributed by atoms with Crippen LogP contribution in [-0.4, -0.2) is 26.0 Å². The predicted molar refractivity (Wildman–Crippen MR) is 115 cm³/mol. The summed E-state index contributed by atoms with van der Waals surface area (Å²) in [5.74, 6) is 0.238. The Labute approximate surface area is 175 Å². The summed E-state index contributed by atoms with van der Waals surface area (Å²) in [5, 5.41) is 0. The van der Waals surface area contributed by atoms with Crippen molar-refractivity contribution in [2.75, 3.05) is 14.2 Å². The third-order valence-corrected chi connectivity index (χ3v) is 4.45. The molecule has 0 aliphatic carbocycles. The van der Waals surface area contributed by atoms with E-state index >= 15 is 0 Å². The zero-order valence-electron chi connectivity index (χ0n) is 16.8. The number of benzene rings is 3. The van der Waals surface area contributed by atoms with Crippen molar-refractivity contribution in [1.82, 2.24) is 0 Å². The second kappa shape index (κ2) is 10.1. The molecule has 5 nitrogen and oxygen atoms in total. The number of ether oxygens (including phenoxy) is 3. The monoisotopic (exact) mass is 402 g/mol. The fraction of sp³-hybridized carbons (Fsp3) is 0.120. The first kappa shape index (κ1) is 20.9. The Morgan fingerprint density at radius 3 is 2.07 bits per heavy atom. The topological polar surface area (TPSA) is 61.8 Å². The Hall–Kier alpha value is -3.86. The lowest BCUT2D eigenvalue weighted by atomic mass is 10.00. The van der Waals surface area contributed by atoms with E-state index in [1.165, 1.54) is 6.08 Å². The van der Waals surface area contributed by atoms with Crippen molar-refractivity contribution in [2.24, 2.45) is 0 Å². The van der Waals surface area contributed by atoms with Gasteiger partial charge in [0.1, 0.15) is 0 Å². The van der Waals surface area contributed by atoms with Crippen LogP contribution < -0.4 is 9.47 Å². The van der Waals surface area contributed by atoms with E-state index in [2.05, 4.69) is 0 Å². The Morgan fingerprint density at radius 2 is 1.43 bits per heavy atom. The van der Waals surface area contributed by atoms with E-state index in [1.54, 1.807) is 87.0 Å².